The van der Waals surface area contributed by atoms with Crippen LogP contribution < -0.4 is 0 Å². The molecule has 0 bridgehead atoms. The molecule has 69 valence electrons. The number of hydrogen-bond acceptors (Lipinski definition) is 0. The first-order chi connectivity index (χ1) is 6.00. The average molecular weight is 422 g/mol. The van der Waals surface area contributed by atoms with E-state index in [0.29, 0.717) is 24.9 Å². The molecular weight excluding hydrogens is 412 g/mol. The molecule has 0 atom stereocenters. The monoisotopic (exact) mass is 423 g/mol. The predicted octanol–water partition coefficient (Wildman–Crippen LogP) is 3.50. The third-order valence-electron chi connectivity index (χ3n) is 1.11. The fraction of sp³-hybridized carbons (Fsp3) is 0. The molecule has 0 nitrogen and oxygen atoms in total. The summed E-state index contributed by atoms with van der Waals surface area (Å²) in [6.45, 7) is 0. The van der Waals surface area contributed by atoms with Gasteiger partial charge in [0.2, 0.25) is 0 Å². The fourth-order valence-electron chi connectivity index (χ4n) is 0.642. The van der Waals surface area contributed by atoms with E-state index in [0.717, 1.165) is 0 Å². The van der Waals surface area contributed by atoms with Crippen molar-refractivity contribution in [2.45, 2.75) is 0 Å². The van der Waals surface area contributed by atoms with Gasteiger partial charge in [0, 0.05) is 17.1 Å². The van der Waals surface area contributed by atoms with Crippen molar-refractivity contribution in [1.82, 2.24) is 0 Å². The Bertz CT molecular complexity index is 154. The summed E-state index contributed by atoms with van der Waals surface area (Å²) in [5.74, 6) is 0. The van der Waals surface area contributed by atoms with Gasteiger partial charge in [-0.05, 0) is 0 Å². The second-order valence-electron chi connectivity index (χ2n) is 1.92. The van der Waals surface area contributed by atoms with E-state index >= 15 is 0 Å². The first kappa shape index (κ1) is 15.9. The Kier molecular flexibility index (Phi) is 18.3. The van der Waals surface area contributed by atoms with Gasteiger partial charge >= 0.3 is 33.1 Å². The Morgan fingerprint density at radius 1 is 0.692 bits per heavy atom. The van der Waals surface area contributed by atoms with Crippen LogP contribution in [0.5, 0.6) is 0 Å². The molecule has 0 spiro atoms. The maximum atomic E-state index is 4.83. The van der Waals surface area contributed by atoms with E-state index in [1.54, 1.807) is 0 Å². The van der Waals surface area contributed by atoms with E-state index < -0.39 is 0 Å². The average Bonchev–Trinajstić information content (AvgIpc) is 2.87. The zero-order chi connectivity index (χ0) is 9.07. The van der Waals surface area contributed by atoms with Gasteiger partial charge in [0.25, 0.3) is 0 Å². The molecule has 0 saturated heterocycles. The molecule has 0 aliphatic rings. The Labute approximate surface area is 110 Å². The Morgan fingerprint density at radius 2 is 0.923 bits per heavy atom. The van der Waals surface area contributed by atoms with Crippen LogP contribution in [0, 0.1) is 0 Å². The molecule has 2 aromatic carbocycles. The SMILES string of the molecule is [Cl][Hg].[Fe].c1cc[cH-]c1.c1cc[cH-]c1. The van der Waals surface area contributed by atoms with Gasteiger partial charge in [0.15, 0.2) is 0 Å². The summed E-state index contributed by atoms with van der Waals surface area (Å²) in [5.41, 5.74) is 0. The first-order valence-corrected chi connectivity index (χ1v) is 10.4. The van der Waals surface area contributed by atoms with E-state index in [9.17, 15) is 0 Å². The molecule has 0 fully saturated rings. The van der Waals surface area contributed by atoms with Crippen molar-refractivity contribution in [3.8, 4) is 0 Å². The third-order valence-corrected chi connectivity index (χ3v) is 1.11. The zero-order valence-electron chi connectivity index (χ0n) is 7.21. The van der Waals surface area contributed by atoms with Crippen LogP contribution in [0.25, 0.3) is 0 Å². The quantitative estimate of drug-likeness (QED) is 0.451. The topological polar surface area (TPSA) is 0 Å². The standard InChI is InChI=1S/2C5H5.ClH.Fe.Hg/c2*1-2-4-5-3-1;;;/h2*1-5H;1H;;/q2*-1;;;+1/p-1. The van der Waals surface area contributed by atoms with Gasteiger partial charge in [-0.2, -0.15) is 36.4 Å². The minimum absolute atomic E-state index is 0. The van der Waals surface area contributed by atoms with Crippen LogP contribution in [0.3, 0.4) is 0 Å². The van der Waals surface area contributed by atoms with Crippen molar-refractivity contribution in [1.29, 1.82) is 0 Å². The first-order valence-electron chi connectivity index (χ1n) is 3.60. The third kappa shape index (κ3) is 12.4. The molecule has 0 unspecified atom stereocenters. The zero-order valence-corrected chi connectivity index (χ0v) is 14.6. The molecule has 0 amide bonds. The maximum absolute atomic E-state index is 4.83. The molecule has 13 heavy (non-hydrogen) atoms. The summed E-state index contributed by atoms with van der Waals surface area (Å²) in [6, 6.07) is 20.0. The Morgan fingerprint density at radius 3 is 1.00 bits per heavy atom. The minimum atomic E-state index is 0. The van der Waals surface area contributed by atoms with E-state index in [1.165, 1.54) is 0 Å². The van der Waals surface area contributed by atoms with Crippen molar-refractivity contribution in [3.63, 3.8) is 0 Å². The summed E-state index contributed by atoms with van der Waals surface area (Å²) in [7, 11) is 4.83. The van der Waals surface area contributed by atoms with E-state index in [1.807, 2.05) is 60.7 Å². The van der Waals surface area contributed by atoms with E-state index in [-0.39, 0.29) is 17.1 Å². The summed E-state index contributed by atoms with van der Waals surface area (Å²) in [6.07, 6.45) is 0. The van der Waals surface area contributed by atoms with Crippen LogP contribution in [0.1, 0.15) is 0 Å². The molecule has 0 heterocycles. The van der Waals surface area contributed by atoms with Crippen LogP contribution in [0.15, 0.2) is 60.7 Å². The largest absolute Gasteiger partial charge is 0.214 e. The molecule has 0 aromatic heterocycles. The van der Waals surface area contributed by atoms with Crippen LogP contribution in [-0.4, -0.2) is 0 Å². The molecular formula is C10H10ClFeHg-2. The van der Waals surface area contributed by atoms with Crippen LogP contribution in [0.4, 0.5) is 0 Å². The van der Waals surface area contributed by atoms with Gasteiger partial charge in [-0.3, -0.25) is 0 Å². The predicted molar refractivity (Wildman–Crippen MR) is 49.9 cm³/mol. The minimum Gasteiger partial charge on any atom is -0.214 e. The van der Waals surface area contributed by atoms with Gasteiger partial charge in [-0.1, -0.05) is 0 Å². The smallest absolute Gasteiger partial charge is 0 e. The van der Waals surface area contributed by atoms with Crippen molar-refractivity contribution >= 4 is 8.25 Å². The van der Waals surface area contributed by atoms with Crippen LogP contribution in [0.2, 0.25) is 0 Å². The van der Waals surface area contributed by atoms with Crippen molar-refractivity contribution in [2.24, 2.45) is 0 Å². The molecule has 0 saturated carbocycles. The Balaban J connectivity index is 0. The molecule has 0 N–H and O–H groups in total. The second kappa shape index (κ2) is 14.9. The summed E-state index contributed by atoms with van der Waals surface area (Å²) < 4.78 is 0. The van der Waals surface area contributed by atoms with Gasteiger partial charge in [0.05, 0.1) is 0 Å². The molecule has 0 aliphatic heterocycles. The Hall–Kier alpha value is 0.445. The molecule has 0 aliphatic carbocycles. The van der Waals surface area contributed by atoms with E-state index in [4.69, 9.17) is 8.25 Å². The van der Waals surface area contributed by atoms with Crippen molar-refractivity contribution in [3.05, 3.63) is 60.7 Å². The van der Waals surface area contributed by atoms with Gasteiger partial charge in [-0.15, -0.1) is 0 Å². The molecule has 3 heteroatoms. The second-order valence-corrected chi connectivity index (χ2v) is 1.92. The van der Waals surface area contributed by atoms with Crippen LogP contribution in [-0.2, 0) is 42.0 Å². The number of halogens is 1. The van der Waals surface area contributed by atoms with Gasteiger partial charge < -0.3 is 0 Å². The number of rotatable bonds is 0. The summed E-state index contributed by atoms with van der Waals surface area (Å²) >= 11 is 0.500. The van der Waals surface area contributed by atoms with Gasteiger partial charge in [-0.25, -0.2) is 24.3 Å². The van der Waals surface area contributed by atoms with Crippen molar-refractivity contribution < 1.29 is 42.0 Å². The fourth-order valence-corrected chi connectivity index (χ4v) is 0.642. The maximum Gasteiger partial charge on any atom is 0 e. The summed E-state index contributed by atoms with van der Waals surface area (Å²) in [4.78, 5) is 0. The molecule has 0 radical (unpaired) electrons. The number of hydrogen-bond donors (Lipinski definition) is 0. The van der Waals surface area contributed by atoms with E-state index in [2.05, 4.69) is 0 Å². The molecule has 2 aromatic rings. The van der Waals surface area contributed by atoms with Crippen molar-refractivity contribution in [2.75, 3.05) is 0 Å². The normalized spacial score (nSPS) is 6.69. The summed E-state index contributed by atoms with van der Waals surface area (Å²) in [5, 5.41) is 0. The molecule has 2 rings (SSSR count). The van der Waals surface area contributed by atoms with Crippen LogP contribution >= 0.6 is 8.25 Å². The van der Waals surface area contributed by atoms with Gasteiger partial charge in [0.1, 0.15) is 0 Å².